The molecule has 17 heavy (non-hydrogen) atoms. The largest absolute Gasteiger partial charge is 0.389 e. The van der Waals surface area contributed by atoms with Gasteiger partial charge in [-0.25, -0.2) is 0 Å². The van der Waals surface area contributed by atoms with E-state index >= 15 is 0 Å². The molecule has 1 aromatic rings. The molecule has 1 atom stereocenters. The van der Waals surface area contributed by atoms with Crippen LogP contribution in [-0.4, -0.2) is 6.18 Å². The molecule has 1 aliphatic rings. The smallest absolute Gasteiger partial charge is 0.372 e. The fourth-order valence-corrected chi connectivity index (χ4v) is 2.09. The van der Waals surface area contributed by atoms with Crippen LogP contribution >= 0.6 is 11.6 Å². The van der Waals surface area contributed by atoms with Gasteiger partial charge in [0.1, 0.15) is 0 Å². The van der Waals surface area contributed by atoms with Crippen LogP contribution < -0.4 is 0 Å². The van der Waals surface area contributed by atoms with Gasteiger partial charge in [-0.15, -0.1) is 11.6 Å². The van der Waals surface area contributed by atoms with Crippen LogP contribution in [0, 0.1) is 0 Å². The lowest BCUT2D eigenvalue weighted by atomic mass is 10.0. The fraction of sp³-hybridized carbons (Fsp3) is 0.500. The maximum atomic E-state index is 12.1. The highest BCUT2D eigenvalue weighted by Gasteiger charge is 2.28. The van der Waals surface area contributed by atoms with Crippen LogP contribution in [0.2, 0.25) is 0 Å². The molecule has 1 aliphatic heterocycles. The summed E-state index contributed by atoms with van der Waals surface area (Å²) >= 11 is 5.97. The van der Waals surface area contributed by atoms with Crippen molar-refractivity contribution >= 4 is 11.6 Å². The highest BCUT2D eigenvalue weighted by atomic mass is 35.5. The molecule has 0 saturated carbocycles. The van der Waals surface area contributed by atoms with Crippen LogP contribution in [0.3, 0.4) is 0 Å². The van der Waals surface area contributed by atoms with Crippen molar-refractivity contribution in [2.45, 2.75) is 37.6 Å². The van der Waals surface area contributed by atoms with E-state index in [1.165, 1.54) is 0 Å². The Hall–Kier alpha value is -0.740. The maximum absolute atomic E-state index is 12.1. The summed E-state index contributed by atoms with van der Waals surface area (Å²) in [5, 5.41) is -0.595. The van der Waals surface area contributed by atoms with Crippen LogP contribution in [0.25, 0.3) is 0 Å². The molecule has 0 aliphatic carbocycles. The summed E-state index contributed by atoms with van der Waals surface area (Å²) in [5.41, 5.74) is 2.86. The molecule has 0 fully saturated rings. The Kier molecular flexibility index (Phi) is 3.64. The zero-order valence-electron chi connectivity index (χ0n) is 9.06. The lowest BCUT2D eigenvalue weighted by Crippen LogP contribution is -2.08. The molecular formula is C12H12ClF3O. The van der Waals surface area contributed by atoms with Crippen LogP contribution in [0.15, 0.2) is 18.2 Å². The molecule has 0 amide bonds. The molecule has 2 rings (SSSR count). The Morgan fingerprint density at radius 3 is 2.65 bits per heavy atom. The Balaban J connectivity index is 2.02. The van der Waals surface area contributed by atoms with E-state index < -0.39 is 18.0 Å². The highest BCUT2D eigenvalue weighted by Crippen LogP contribution is 2.33. The minimum atomic E-state index is -4.15. The van der Waals surface area contributed by atoms with Gasteiger partial charge in [0.05, 0.1) is 18.6 Å². The lowest BCUT2D eigenvalue weighted by Gasteiger charge is -2.12. The van der Waals surface area contributed by atoms with E-state index in [1.807, 2.05) is 12.1 Å². The first kappa shape index (κ1) is 12.7. The van der Waals surface area contributed by atoms with Crippen LogP contribution in [0.5, 0.6) is 0 Å². The summed E-state index contributed by atoms with van der Waals surface area (Å²) in [4.78, 5) is 0. The van der Waals surface area contributed by atoms with Gasteiger partial charge in [-0.3, -0.25) is 0 Å². The molecule has 5 heteroatoms. The Bertz CT molecular complexity index is 403. The number of benzene rings is 1. The van der Waals surface area contributed by atoms with Gasteiger partial charge in [-0.05, 0) is 23.1 Å². The highest BCUT2D eigenvalue weighted by molar-refractivity contribution is 6.20. The van der Waals surface area contributed by atoms with Crippen LogP contribution in [0.4, 0.5) is 13.2 Å². The molecule has 1 heterocycles. The van der Waals surface area contributed by atoms with Gasteiger partial charge in [0.25, 0.3) is 0 Å². The van der Waals surface area contributed by atoms with Gasteiger partial charge in [0, 0.05) is 6.42 Å². The van der Waals surface area contributed by atoms with Crippen LogP contribution in [0.1, 0.15) is 34.9 Å². The predicted molar refractivity (Wildman–Crippen MR) is 58.8 cm³/mol. The van der Waals surface area contributed by atoms with Gasteiger partial charge < -0.3 is 4.74 Å². The van der Waals surface area contributed by atoms with Gasteiger partial charge >= 0.3 is 6.18 Å². The van der Waals surface area contributed by atoms with Crippen molar-refractivity contribution in [2.24, 2.45) is 0 Å². The molecule has 0 spiro atoms. The van der Waals surface area contributed by atoms with Crippen molar-refractivity contribution in [1.82, 2.24) is 0 Å². The standard InChI is InChI=1S/C12H12ClF3O/c13-11(3-4-12(14,15)16)8-1-2-9-6-17-7-10(9)5-8/h1-2,5,11H,3-4,6-7H2. The molecule has 0 N–H and O–H groups in total. The average molecular weight is 265 g/mol. The van der Waals surface area contributed by atoms with Gasteiger partial charge in [0.15, 0.2) is 0 Å². The third-order valence-electron chi connectivity index (χ3n) is 2.79. The molecule has 1 unspecified atom stereocenters. The van der Waals surface area contributed by atoms with Gasteiger partial charge in [-0.2, -0.15) is 13.2 Å². The number of ether oxygens (including phenoxy) is 1. The third kappa shape index (κ3) is 3.36. The summed E-state index contributed by atoms with van der Waals surface area (Å²) in [7, 11) is 0. The van der Waals surface area contributed by atoms with E-state index in [4.69, 9.17) is 16.3 Å². The quantitative estimate of drug-likeness (QED) is 0.738. The Morgan fingerprint density at radius 2 is 1.94 bits per heavy atom. The number of hydrogen-bond acceptors (Lipinski definition) is 1. The second-order valence-electron chi connectivity index (χ2n) is 4.14. The summed E-state index contributed by atoms with van der Waals surface area (Å²) in [6, 6.07) is 5.50. The van der Waals surface area contributed by atoms with Crippen molar-refractivity contribution in [3.63, 3.8) is 0 Å². The zero-order valence-corrected chi connectivity index (χ0v) is 9.81. The number of hydrogen-bond donors (Lipinski definition) is 0. The van der Waals surface area contributed by atoms with Gasteiger partial charge in [0.2, 0.25) is 0 Å². The number of fused-ring (bicyclic) bond motifs is 1. The SMILES string of the molecule is FC(F)(F)CCC(Cl)c1ccc2c(c1)COC2. The fourth-order valence-electron chi connectivity index (χ4n) is 1.84. The summed E-state index contributed by atoms with van der Waals surface area (Å²) in [6.07, 6.45) is -5.09. The van der Waals surface area contributed by atoms with Crippen molar-refractivity contribution in [3.05, 3.63) is 34.9 Å². The van der Waals surface area contributed by atoms with E-state index in [2.05, 4.69) is 0 Å². The zero-order chi connectivity index (χ0) is 12.5. The van der Waals surface area contributed by atoms with E-state index in [0.717, 1.165) is 16.7 Å². The summed E-state index contributed by atoms with van der Waals surface area (Å²) in [6.45, 7) is 1.09. The number of rotatable bonds is 3. The van der Waals surface area contributed by atoms with Crippen molar-refractivity contribution in [2.75, 3.05) is 0 Å². The van der Waals surface area contributed by atoms with Crippen molar-refractivity contribution < 1.29 is 17.9 Å². The number of alkyl halides is 4. The average Bonchev–Trinajstić information content (AvgIpc) is 2.71. The molecule has 0 saturated heterocycles. The third-order valence-corrected chi connectivity index (χ3v) is 3.26. The second-order valence-corrected chi connectivity index (χ2v) is 4.67. The monoisotopic (exact) mass is 264 g/mol. The first-order valence-corrected chi connectivity index (χ1v) is 5.79. The maximum Gasteiger partial charge on any atom is 0.389 e. The molecule has 0 bridgehead atoms. The molecule has 1 aromatic carbocycles. The first-order valence-electron chi connectivity index (χ1n) is 5.36. The van der Waals surface area contributed by atoms with Crippen molar-refractivity contribution in [1.29, 1.82) is 0 Å². The van der Waals surface area contributed by atoms with E-state index in [1.54, 1.807) is 6.07 Å². The van der Waals surface area contributed by atoms with E-state index in [9.17, 15) is 13.2 Å². The molecule has 1 nitrogen and oxygen atoms in total. The predicted octanol–water partition coefficient (Wildman–Crippen LogP) is 4.34. The molecule has 94 valence electrons. The molecule has 0 aromatic heterocycles. The number of halogens is 4. The topological polar surface area (TPSA) is 9.23 Å². The van der Waals surface area contributed by atoms with E-state index in [0.29, 0.717) is 13.2 Å². The minimum Gasteiger partial charge on any atom is -0.372 e. The van der Waals surface area contributed by atoms with Gasteiger partial charge in [-0.1, -0.05) is 18.2 Å². The first-order chi connectivity index (χ1) is 7.96. The van der Waals surface area contributed by atoms with E-state index in [-0.39, 0.29) is 6.42 Å². The van der Waals surface area contributed by atoms with Crippen molar-refractivity contribution in [3.8, 4) is 0 Å². The summed E-state index contributed by atoms with van der Waals surface area (Å²) in [5.74, 6) is 0. The summed E-state index contributed by atoms with van der Waals surface area (Å²) < 4.78 is 41.5. The normalized spacial score (nSPS) is 16.9. The Labute approximate surface area is 103 Å². The minimum absolute atomic E-state index is 0.0926. The lowest BCUT2D eigenvalue weighted by molar-refractivity contribution is -0.135. The second kappa shape index (κ2) is 4.86. The molecular weight excluding hydrogens is 253 g/mol. The Morgan fingerprint density at radius 1 is 1.24 bits per heavy atom. The molecule has 0 radical (unpaired) electrons. The van der Waals surface area contributed by atoms with Crippen LogP contribution in [-0.2, 0) is 18.0 Å².